The van der Waals surface area contributed by atoms with Gasteiger partial charge in [-0.05, 0) is 44.1 Å². The lowest BCUT2D eigenvalue weighted by atomic mass is 9.78. The van der Waals surface area contributed by atoms with E-state index in [1.807, 2.05) is 36.9 Å². The molecule has 6 nitrogen and oxygen atoms in total. The molecule has 7 heteroatoms. The average Bonchev–Trinajstić information content (AvgIpc) is 3.13. The highest BCUT2D eigenvalue weighted by atomic mass is 32.1. The number of ether oxygens (including phenoxy) is 1. The Balaban J connectivity index is 1.66. The second-order valence-corrected chi connectivity index (χ2v) is 7.96. The van der Waals surface area contributed by atoms with Crippen LogP contribution < -0.4 is 0 Å². The first-order chi connectivity index (χ1) is 13.1. The van der Waals surface area contributed by atoms with Crippen molar-refractivity contribution in [3.8, 4) is 0 Å². The smallest absolute Gasteiger partial charge is 0.306 e. The summed E-state index contributed by atoms with van der Waals surface area (Å²) in [6.45, 7) is 5.42. The molecule has 0 spiro atoms. The topological polar surface area (TPSA) is 72.4 Å². The van der Waals surface area contributed by atoms with Gasteiger partial charge in [-0.1, -0.05) is 41.7 Å². The highest BCUT2D eigenvalue weighted by Gasteiger charge is 2.32. The zero-order valence-electron chi connectivity index (χ0n) is 15.8. The standard InChI is InChI=1S/C20H25N3O3S/c1-3-26-18(24)13-17(15-7-5-4-6-8-15)16-9-11-23(12-10-16)20(25)19-22-21-14(2)27-19/h4-8,16-17H,3,9-13H2,1-2H3. The van der Waals surface area contributed by atoms with Gasteiger partial charge in [0.05, 0.1) is 13.0 Å². The Labute approximate surface area is 163 Å². The Kier molecular flexibility index (Phi) is 6.55. The zero-order valence-corrected chi connectivity index (χ0v) is 16.6. The van der Waals surface area contributed by atoms with Crippen LogP contribution in [0.4, 0.5) is 0 Å². The molecule has 2 aromatic rings. The number of nitrogens with zero attached hydrogens (tertiary/aromatic N) is 3. The van der Waals surface area contributed by atoms with E-state index in [2.05, 4.69) is 22.3 Å². The van der Waals surface area contributed by atoms with E-state index in [0.29, 0.717) is 37.0 Å². The number of esters is 1. The first-order valence-corrected chi connectivity index (χ1v) is 10.2. The minimum absolute atomic E-state index is 0.0410. The molecule has 144 valence electrons. The molecule has 2 heterocycles. The Bertz CT molecular complexity index is 770. The van der Waals surface area contributed by atoms with Crippen molar-refractivity contribution in [2.45, 2.75) is 39.0 Å². The van der Waals surface area contributed by atoms with Gasteiger partial charge in [-0.3, -0.25) is 9.59 Å². The Morgan fingerprint density at radius 2 is 1.93 bits per heavy atom. The maximum Gasteiger partial charge on any atom is 0.306 e. The monoisotopic (exact) mass is 387 g/mol. The zero-order chi connectivity index (χ0) is 19.2. The second-order valence-electron chi connectivity index (χ2n) is 6.78. The SMILES string of the molecule is CCOC(=O)CC(c1ccccc1)C1CCN(C(=O)c2nnc(C)s2)CC1. The van der Waals surface area contributed by atoms with Gasteiger partial charge in [-0.15, -0.1) is 10.2 Å². The lowest BCUT2D eigenvalue weighted by molar-refractivity contribution is -0.144. The van der Waals surface area contributed by atoms with Crippen LogP contribution in [0.1, 0.15) is 52.5 Å². The van der Waals surface area contributed by atoms with E-state index in [-0.39, 0.29) is 17.8 Å². The lowest BCUT2D eigenvalue weighted by Crippen LogP contribution is -2.40. The van der Waals surface area contributed by atoms with Crippen molar-refractivity contribution in [1.82, 2.24) is 15.1 Å². The molecular weight excluding hydrogens is 362 g/mol. The molecule has 1 saturated heterocycles. The minimum atomic E-state index is -0.158. The fourth-order valence-corrected chi connectivity index (χ4v) is 4.34. The van der Waals surface area contributed by atoms with E-state index in [0.717, 1.165) is 23.4 Å². The molecule has 1 aliphatic heterocycles. The normalized spacial score (nSPS) is 16.1. The highest BCUT2D eigenvalue weighted by molar-refractivity contribution is 7.13. The van der Waals surface area contributed by atoms with Gasteiger partial charge in [0.15, 0.2) is 0 Å². The summed E-state index contributed by atoms with van der Waals surface area (Å²) in [7, 11) is 0. The van der Waals surface area contributed by atoms with Crippen molar-refractivity contribution in [3.63, 3.8) is 0 Å². The van der Waals surface area contributed by atoms with Gasteiger partial charge >= 0.3 is 5.97 Å². The summed E-state index contributed by atoms with van der Waals surface area (Å²) in [4.78, 5) is 26.6. The molecule has 0 aliphatic carbocycles. The fourth-order valence-electron chi connectivity index (χ4n) is 3.68. The first-order valence-electron chi connectivity index (χ1n) is 9.38. The molecule has 3 rings (SSSR count). The van der Waals surface area contributed by atoms with Crippen molar-refractivity contribution in [3.05, 3.63) is 45.9 Å². The van der Waals surface area contributed by atoms with Crippen LogP contribution in [0.5, 0.6) is 0 Å². The third-order valence-electron chi connectivity index (χ3n) is 5.02. The number of carbonyl (C=O) groups is 2. The fraction of sp³-hybridized carbons (Fsp3) is 0.500. The van der Waals surface area contributed by atoms with Crippen molar-refractivity contribution in [2.75, 3.05) is 19.7 Å². The summed E-state index contributed by atoms with van der Waals surface area (Å²) in [5.74, 6) is 0.262. The summed E-state index contributed by atoms with van der Waals surface area (Å²) in [5.41, 5.74) is 1.16. The first kappa shape index (κ1) is 19.5. The number of rotatable bonds is 6. The van der Waals surface area contributed by atoms with Gasteiger partial charge < -0.3 is 9.64 Å². The molecule has 1 unspecified atom stereocenters. The van der Waals surface area contributed by atoms with Crippen LogP contribution in [0.25, 0.3) is 0 Å². The third kappa shape index (κ3) is 4.91. The molecule has 0 bridgehead atoms. The van der Waals surface area contributed by atoms with E-state index in [4.69, 9.17) is 4.74 Å². The molecule has 1 aliphatic rings. The van der Waals surface area contributed by atoms with Gasteiger partial charge in [0, 0.05) is 13.1 Å². The van der Waals surface area contributed by atoms with Gasteiger partial charge in [0.1, 0.15) is 5.01 Å². The van der Waals surface area contributed by atoms with Crippen molar-refractivity contribution >= 4 is 23.2 Å². The number of carbonyl (C=O) groups excluding carboxylic acids is 2. The predicted molar refractivity (Wildman–Crippen MR) is 104 cm³/mol. The molecule has 0 radical (unpaired) electrons. The molecule has 0 N–H and O–H groups in total. The van der Waals surface area contributed by atoms with Gasteiger partial charge in [0.25, 0.3) is 5.91 Å². The molecular formula is C20H25N3O3S. The molecule has 27 heavy (non-hydrogen) atoms. The summed E-state index contributed by atoms with van der Waals surface area (Å²) in [5, 5.41) is 9.16. The van der Waals surface area contributed by atoms with E-state index in [1.54, 1.807) is 0 Å². The average molecular weight is 388 g/mol. The number of hydrogen-bond acceptors (Lipinski definition) is 6. The van der Waals surface area contributed by atoms with Crippen LogP contribution in [0.15, 0.2) is 30.3 Å². The van der Waals surface area contributed by atoms with Crippen molar-refractivity contribution < 1.29 is 14.3 Å². The quantitative estimate of drug-likeness (QED) is 0.710. The molecule has 0 saturated carbocycles. The van der Waals surface area contributed by atoms with Crippen molar-refractivity contribution in [2.24, 2.45) is 5.92 Å². The Morgan fingerprint density at radius 1 is 1.22 bits per heavy atom. The summed E-state index contributed by atoms with van der Waals surface area (Å²) >= 11 is 1.33. The van der Waals surface area contributed by atoms with Crippen LogP contribution in [0, 0.1) is 12.8 Å². The maximum atomic E-state index is 12.6. The van der Waals surface area contributed by atoms with E-state index < -0.39 is 0 Å². The molecule has 1 amide bonds. The largest absolute Gasteiger partial charge is 0.466 e. The maximum absolute atomic E-state index is 12.6. The van der Waals surface area contributed by atoms with Gasteiger partial charge in [0.2, 0.25) is 5.01 Å². The number of piperidine rings is 1. The summed E-state index contributed by atoms with van der Waals surface area (Å²) < 4.78 is 5.19. The lowest BCUT2D eigenvalue weighted by Gasteiger charge is -2.35. The van der Waals surface area contributed by atoms with E-state index in [9.17, 15) is 9.59 Å². The molecule has 1 atom stereocenters. The van der Waals surface area contributed by atoms with E-state index >= 15 is 0 Å². The number of likely N-dealkylation sites (tertiary alicyclic amines) is 1. The third-order valence-corrected chi connectivity index (χ3v) is 5.85. The number of amides is 1. The summed E-state index contributed by atoms with van der Waals surface area (Å²) in [6, 6.07) is 10.1. The van der Waals surface area contributed by atoms with Gasteiger partial charge in [-0.25, -0.2) is 0 Å². The number of aromatic nitrogens is 2. The number of hydrogen-bond donors (Lipinski definition) is 0. The summed E-state index contributed by atoms with van der Waals surface area (Å²) in [6.07, 6.45) is 2.11. The van der Waals surface area contributed by atoms with E-state index in [1.165, 1.54) is 11.3 Å². The number of benzene rings is 1. The molecule has 1 aromatic heterocycles. The van der Waals surface area contributed by atoms with Crippen LogP contribution in [-0.2, 0) is 9.53 Å². The Hall–Kier alpha value is -2.28. The Morgan fingerprint density at radius 3 is 2.52 bits per heavy atom. The highest BCUT2D eigenvalue weighted by Crippen LogP contribution is 2.36. The molecule has 1 aromatic carbocycles. The molecule has 1 fully saturated rings. The van der Waals surface area contributed by atoms with Crippen LogP contribution in [0.2, 0.25) is 0 Å². The van der Waals surface area contributed by atoms with Crippen LogP contribution in [-0.4, -0.2) is 46.7 Å². The van der Waals surface area contributed by atoms with Crippen LogP contribution in [0.3, 0.4) is 0 Å². The predicted octanol–water partition coefficient (Wildman–Crippen LogP) is 3.44. The van der Waals surface area contributed by atoms with Crippen molar-refractivity contribution in [1.29, 1.82) is 0 Å². The second kappa shape index (κ2) is 9.08. The van der Waals surface area contributed by atoms with Gasteiger partial charge in [-0.2, -0.15) is 0 Å². The minimum Gasteiger partial charge on any atom is -0.466 e. The van der Waals surface area contributed by atoms with Crippen LogP contribution >= 0.6 is 11.3 Å². The number of aryl methyl sites for hydroxylation is 1.